The molecule has 0 saturated carbocycles. The molecule has 0 aromatic heterocycles. The summed E-state index contributed by atoms with van der Waals surface area (Å²) in [5.41, 5.74) is 8.09. The van der Waals surface area contributed by atoms with Crippen LogP contribution < -0.4 is 11.1 Å². The molecule has 0 fully saturated rings. The van der Waals surface area contributed by atoms with Crippen LogP contribution in [0.1, 0.15) is 5.56 Å². The maximum atomic E-state index is 8.89. The van der Waals surface area contributed by atoms with Gasteiger partial charge in [-0.05, 0) is 24.1 Å². The molecule has 1 aromatic rings. The van der Waals surface area contributed by atoms with Crippen LogP contribution in [0.5, 0.6) is 0 Å². The van der Waals surface area contributed by atoms with Crippen LogP contribution >= 0.6 is 11.8 Å². The van der Waals surface area contributed by atoms with Crippen molar-refractivity contribution in [2.45, 2.75) is 17.4 Å². The van der Waals surface area contributed by atoms with Crippen molar-refractivity contribution in [2.75, 3.05) is 24.2 Å². The van der Waals surface area contributed by atoms with E-state index in [9.17, 15) is 0 Å². The fourth-order valence-electron chi connectivity index (χ4n) is 1.68. The number of nitrogens with one attached hydrogen (secondary N) is 1. The second-order valence-electron chi connectivity index (χ2n) is 3.75. The highest BCUT2D eigenvalue weighted by Crippen LogP contribution is 2.31. The predicted octanol–water partition coefficient (Wildman–Crippen LogP) is 1.07. The number of nitrogens with two attached hydrogens (primary N) is 1. The maximum Gasteiger partial charge on any atom is 0.0585 e. The van der Waals surface area contributed by atoms with Gasteiger partial charge in [0.2, 0.25) is 0 Å². The SMILES string of the molecule is NC(CO)Cc1ccc2c(c1)NCCS2. The van der Waals surface area contributed by atoms with Gasteiger partial charge in [-0.3, -0.25) is 0 Å². The summed E-state index contributed by atoms with van der Waals surface area (Å²) in [6.07, 6.45) is 0.732. The van der Waals surface area contributed by atoms with E-state index in [4.69, 9.17) is 10.8 Å². The van der Waals surface area contributed by atoms with E-state index < -0.39 is 0 Å². The van der Waals surface area contributed by atoms with Crippen LogP contribution in [0.4, 0.5) is 5.69 Å². The first-order valence-electron chi connectivity index (χ1n) is 5.15. The number of benzene rings is 1. The minimum absolute atomic E-state index is 0.0409. The lowest BCUT2D eigenvalue weighted by Crippen LogP contribution is -2.26. The van der Waals surface area contributed by atoms with Gasteiger partial charge < -0.3 is 16.2 Å². The van der Waals surface area contributed by atoms with Crippen molar-refractivity contribution in [3.8, 4) is 0 Å². The first-order chi connectivity index (χ1) is 7.29. The van der Waals surface area contributed by atoms with Gasteiger partial charge in [0, 0.05) is 28.9 Å². The summed E-state index contributed by atoms with van der Waals surface area (Å²) in [5.74, 6) is 1.13. The number of aliphatic hydroxyl groups is 1. The van der Waals surface area contributed by atoms with E-state index in [0.29, 0.717) is 0 Å². The van der Waals surface area contributed by atoms with Crippen LogP contribution in [0.2, 0.25) is 0 Å². The van der Waals surface area contributed by atoms with E-state index in [1.807, 2.05) is 11.8 Å². The number of fused-ring (bicyclic) bond motifs is 1. The van der Waals surface area contributed by atoms with E-state index >= 15 is 0 Å². The lowest BCUT2D eigenvalue weighted by molar-refractivity contribution is 0.265. The highest BCUT2D eigenvalue weighted by molar-refractivity contribution is 7.99. The molecule has 1 aromatic carbocycles. The van der Waals surface area contributed by atoms with Crippen LogP contribution in [-0.4, -0.2) is 30.1 Å². The molecule has 4 heteroatoms. The summed E-state index contributed by atoms with van der Waals surface area (Å²) in [4.78, 5) is 1.31. The van der Waals surface area contributed by atoms with Gasteiger partial charge in [0.05, 0.1) is 6.61 Å². The molecule has 15 heavy (non-hydrogen) atoms. The Bertz CT molecular complexity index is 343. The van der Waals surface area contributed by atoms with E-state index in [-0.39, 0.29) is 12.6 Å². The number of aliphatic hydroxyl groups excluding tert-OH is 1. The monoisotopic (exact) mass is 224 g/mol. The van der Waals surface area contributed by atoms with Gasteiger partial charge in [-0.1, -0.05) is 6.07 Å². The summed E-state index contributed by atoms with van der Waals surface area (Å²) < 4.78 is 0. The van der Waals surface area contributed by atoms with Crippen molar-refractivity contribution in [1.29, 1.82) is 0 Å². The molecule has 0 saturated heterocycles. The van der Waals surface area contributed by atoms with Crippen molar-refractivity contribution in [1.82, 2.24) is 0 Å². The summed E-state index contributed by atoms with van der Waals surface area (Å²) in [5, 5.41) is 12.3. The lowest BCUT2D eigenvalue weighted by atomic mass is 10.1. The van der Waals surface area contributed by atoms with Crippen LogP contribution in [0, 0.1) is 0 Å². The summed E-state index contributed by atoms with van der Waals surface area (Å²) >= 11 is 1.88. The molecule has 0 amide bonds. The van der Waals surface area contributed by atoms with Crippen molar-refractivity contribution < 1.29 is 5.11 Å². The highest BCUT2D eigenvalue weighted by Gasteiger charge is 2.10. The third-order valence-electron chi connectivity index (χ3n) is 2.45. The molecule has 1 heterocycles. The van der Waals surface area contributed by atoms with Crippen LogP contribution in [0.25, 0.3) is 0 Å². The molecule has 1 aliphatic heterocycles. The third kappa shape index (κ3) is 2.65. The standard InChI is InChI=1S/C11H16N2OS/c12-9(7-14)5-8-1-2-11-10(6-8)13-3-4-15-11/h1-2,6,9,13-14H,3-5,7,12H2. The summed E-state index contributed by atoms with van der Waals surface area (Å²) in [6, 6.07) is 6.20. The van der Waals surface area contributed by atoms with E-state index in [1.165, 1.54) is 16.1 Å². The average molecular weight is 224 g/mol. The lowest BCUT2D eigenvalue weighted by Gasteiger charge is -2.18. The smallest absolute Gasteiger partial charge is 0.0585 e. The Labute approximate surface area is 94.1 Å². The quantitative estimate of drug-likeness (QED) is 0.719. The van der Waals surface area contributed by atoms with Gasteiger partial charge in [-0.15, -0.1) is 11.8 Å². The largest absolute Gasteiger partial charge is 0.395 e. The Kier molecular flexibility index (Phi) is 3.51. The molecular weight excluding hydrogens is 208 g/mol. The minimum Gasteiger partial charge on any atom is -0.395 e. The number of anilines is 1. The molecule has 2 rings (SSSR count). The molecule has 0 aliphatic carbocycles. The zero-order chi connectivity index (χ0) is 10.7. The molecule has 0 spiro atoms. The minimum atomic E-state index is -0.153. The number of hydrogen-bond acceptors (Lipinski definition) is 4. The third-order valence-corrected chi connectivity index (χ3v) is 3.53. The van der Waals surface area contributed by atoms with Gasteiger partial charge in [0.25, 0.3) is 0 Å². The van der Waals surface area contributed by atoms with Gasteiger partial charge >= 0.3 is 0 Å². The molecule has 3 nitrogen and oxygen atoms in total. The first-order valence-corrected chi connectivity index (χ1v) is 6.14. The number of thioether (sulfide) groups is 1. The Balaban J connectivity index is 2.13. The Morgan fingerprint density at radius 2 is 2.40 bits per heavy atom. The summed E-state index contributed by atoms with van der Waals surface area (Å²) in [6.45, 7) is 1.06. The highest BCUT2D eigenvalue weighted by atomic mass is 32.2. The van der Waals surface area contributed by atoms with Crippen molar-refractivity contribution >= 4 is 17.4 Å². The normalized spacial score (nSPS) is 16.7. The topological polar surface area (TPSA) is 58.3 Å². The van der Waals surface area contributed by atoms with Crippen molar-refractivity contribution in [2.24, 2.45) is 5.73 Å². The molecule has 82 valence electrons. The molecular formula is C11H16N2OS. The molecule has 0 bridgehead atoms. The van der Waals surface area contributed by atoms with E-state index in [1.54, 1.807) is 0 Å². The Hall–Kier alpha value is -0.710. The zero-order valence-electron chi connectivity index (χ0n) is 8.57. The number of rotatable bonds is 3. The van der Waals surface area contributed by atoms with Crippen molar-refractivity contribution in [3.63, 3.8) is 0 Å². The van der Waals surface area contributed by atoms with E-state index in [0.717, 1.165) is 18.7 Å². The molecule has 1 unspecified atom stereocenters. The van der Waals surface area contributed by atoms with Crippen LogP contribution in [0.15, 0.2) is 23.1 Å². The predicted molar refractivity (Wildman–Crippen MR) is 64.4 cm³/mol. The fourth-order valence-corrected chi connectivity index (χ4v) is 2.56. The Morgan fingerprint density at radius 3 is 3.20 bits per heavy atom. The van der Waals surface area contributed by atoms with Gasteiger partial charge in [-0.25, -0.2) is 0 Å². The van der Waals surface area contributed by atoms with Crippen LogP contribution in [0.3, 0.4) is 0 Å². The van der Waals surface area contributed by atoms with Crippen molar-refractivity contribution in [3.05, 3.63) is 23.8 Å². The van der Waals surface area contributed by atoms with Gasteiger partial charge in [-0.2, -0.15) is 0 Å². The van der Waals surface area contributed by atoms with Gasteiger partial charge in [0.15, 0.2) is 0 Å². The summed E-state index contributed by atoms with van der Waals surface area (Å²) in [7, 11) is 0. The molecule has 1 atom stereocenters. The van der Waals surface area contributed by atoms with Gasteiger partial charge in [0.1, 0.15) is 0 Å². The van der Waals surface area contributed by atoms with Crippen LogP contribution in [-0.2, 0) is 6.42 Å². The number of hydrogen-bond donors (Lipinski definition) is 3. The first kappa shape index (κ1) is 10.8. The molecule has 1 aliphatic rings. The fraction of sp³-hybridized carbons (Fsp3) is 0.455. The molecule has 4 N–H and O–H groups in total. The Morgan fingerprint density at radius 1 is 1.53 bits per heavy atom. The second-order valence-corrected chi connectivity index (χ2v) is 4.89. The van der Waals surface area contributed by atoms with E-state index in [2.05, 4.69) is 23.5 Å². The zero-order valence-corrected chi connectivity index (χ0v) is 9.39. The second kappa shape index (κ2) is 4.88. The average Bonchev–Trinajstić information content (AvgIpc) is 2.29. The maximum absolute atomic E-state index is 8.89. The molecule has 0 radical (unpaired) electrons.